The van der Waals surface area contributed by atoms with Crippen LogP contribution in [0.3, 0.4) is 0 Å². The van der Waals surface area contributed by atoms with Gasteiger partial charge in [0.2, 0.25) is 0 Å². The van der Waals surface area contributed by atoms with Crippen LogP contribution < -0.4 is 0 Å². The smallest absolute Gasteiger partial charge is 0.182 e. The van der Waals surface area contributed by atoms with Gasteiger partial charge in [-0.2, -0.15) is 0 Å². The summed E-state index contributed by atoms with van der Waals surface area (Å²) in [6.07, 6.45) is 3.63. The molecule has 80 valence electrons. The van der Waals surface area contributed by atoms with Gasteiger partial charge in [0, 0.05) is 12.0 Å². The molecule has 3 nitrogen and oxygen atoms in total. The number of ketones is 1. The lowest BCUT2D eigenvalue weighted by Gasteiger charge is -2.00. The Balaban J connectivity index is 2.30. The third-order valence-corrected chi connectivity index (χ3v) is 2.33. The number of carbonyl (C=O) groups excluding carboxylic acids is 1. The van der Waals surface area contributed by atoms with Crippen LogP contribution in [0.4, 0.5) is 0 Å². The Labute approximate surface area is 94.2 Å². The summed E-state index contributed by atoms with van der Waals surface area (Å²) in [5, 5.41) is 0. The van der Waals surface area contributed by atoms with Gasteiger partial charge >= 0.3 is 0 Å². The highest BCUT2D eigenvalue weighted by Gasteiger charge is 2.05. The Morgan fingerprint density at radius 2 is 1.88 bits per heavy atom. The second-order valence-corrected chi connectivity index (χ2v) is 3.43. The van der Waals surface area contributed by atoms with Gasteiger partial charge in [-0.1, -0.05) is 37.3 Å². The molecule has 2 rings (SSSR count). The van der Waals surface area contributed by atoms with Gasteiger partial charge in [-0.05, 0) is 0 Å². The van der Waals surface area contributed by atoms with E-state index in [1.54, 1.807) is 6.20 Å². The van der Waals surface area contributed by atoms with Gasteiger partial charge in [0.15, 0.2) is 5.78 Å². The van der Waals surface area contributed by atoms with Gasteiger partial charge in [-0.25, -0.2) is 4.98 Å². The Kier molecular flexibility index (Phi) is 3.05. The zero-order valence-electron chi connectivity index (χ0n) is 9.05. The van der Waals surface area contributed by atoms with E-state index in [1.807, 2.05) is 37.3 Å². The first-order valence-corrected chi connectivity index (χ1v) is 5.22. The Morgan fingerprint density at radius 3 is 2.44 bits per heavy atom. The molecule has 0 fully saturated rings. The fourth-order valence-electron chi connectivity index (χ4n) is 1.41. The zero-order valence-corrected chi connectivity index (χ0v) is 9.05. The van der Waals surface area contributed by atoms with Gasteiger partial charge in [-0.3, -0.25) is 9.78 Å². The molecule has 0 spiro atoms. The summed E-state index contributed by atoms with van der Waals surface area (Å²) in [5.74, 6) is 0.0205. The van der Waals surface area contributed by atoms with Crippen molar-refractivity contribution in [2.75, 3.05) is 0 Å². The molecule has 0 atom stereocenters. The number of hydrogen-bond donors (Lipinski definition) is 0. The maximum absolute atomic E-state index is 11.4. The van der Waals surface area contributed by atoms with Crippen LogP contribution in [-0.2, 0) is 0 Å². The van der Waals surface area contributed by atoms with E-state index in [-0.39, 0.29) is 5.78 Å². The second kappa shape index (κ2) is 4.66. The number of carbonyl (C=O) groups is 1. The fourth-order valence-corrected chi connectivity index (χ4v) is 1.41. The topological polar surface area (TPSA) is 42.9 Å². The van der Waals surface area contributed by atoms with Crippen LogP contribution in [0.15, 0.2) is 42.7 Å². The van der Waals surface area contributed by atoms with Crippen molar-refractivity contribution in [1.82, 2.24) is 9.97 Å². The van der Waals surface area contributed by atoms with Crippen LogP contribution in [0.5, 0.6) is 0 Å². The third kappa shape index (κ3) is 2.14. The van der Waals surface area contributed by atoms with Crippen LogP contribution in [0.25, 0.3) is 11.3 Å². The molecule has 0 radical (unpaired) electrons. The predicted molar refractivity (Wildman–Crippen MR) is 62.1 cm³/mol. The van der Waals surface area contributed by atoms with Crippen molar-refractivity contribution < 1.29 is 4.79 Å². The van der Waals surface area contributed by atoms with Crippen LogP contribution in [-0.4, -0.2) is 15.8 Å². The van der Waals surface area contributed by atoms with E-state index < -0.39 is 0 Å². The number of Topliss-reactive ketones (excluding diaryl/α,β-unsaturated/α-hetero) is 1. The summed E-state index contributed by atoms with van der Waals surface area (Å²) < 4.78 is 0. The lowest BCUT2D eigenvalue weighted by atomic mass is 10.1. The minimum atomic E-state index is 0.0205. The van der Waals surface area contributed by atoms with Crippen molar-refractivity contribution in [2.45, 2.75) is 13.3 Å². The minimum absolute atomic E-state index is 0.0205. The lowest BCUT2D eigenvalue weighted by Crippen LogP contribution is -2.01. The summed E-state index contributed by atoms with van der Waals surface area (Å²) in [4.78, 5) is 19.7. The Morgan fingerprint density at radius 1 is 1.12 bits per heavy atom. The SMILES string of the molecule is CCC(=O)c1cnc(-c2ccccc2)cn1. The number of nitrogens with zero attached hydrogens (tertiary/aromatic N) is 2. The Hall–Kier alpha value is -2.03. The summed E-state index contributed by atoms with van der Waals surface area (Å²) in [7, 11) is 0. The zero-order chi connectivity index (χ0) is 11.4. The van der Waals surface area contributed by atoms with E-state index in [4.69, 9.17) is 0 Å². The number of benzene rings is 1. The monoisotopic (exact) mass is 212 g/mol. The highest BCUT2D eigenvalue weighted by Crippen LogP contribution is 2.14. The van der Waals surface area contributed by atoms with E-state index in [1.165, 1.54) is 6.20 Å². The second-order valence-electron chi connectivity index (χ2n) is 3.43. The predicted octanol–water partition coefficient (Wildman–Crippen LogP) is 2.74. The van der Waals surface area contributed by atoms with Crippen molar-refractivity contribution in [3.8, 4) is 11.3 Å². The summed E-state index contributed by atoms with van der Waals surface area (Å²) in [6.45, 7) is 1.81. The third-order valence-electron chi connectivity index (χ3n) is 2.33. The average molecular weight is 212 g/mol. The molecule has 16 heavy (non-hydrogen) atoms. The normalized spacial score (nSPS) is 10.1. The van der Waals surface area contributed by atoms with Gasteiger partial charge in [0.25, 0.3) is 0 Å². The van der Waals surface area contributed by atoms with Crippen molar-refractivity contribution in [2.24, 2.45) is 0 Å². The van der Waals surface area contributed by atoms with Gasteiger partial charge in [-0.15, -0.1) is 0 Å². The van der Waals surface area contributed by atoms with Crippen LogP contribution >= 0.6 is 0 Å². The van der Waals surface area contributed by atoms with Gasteiger partial charge in [0.1, 0.15) is 5.69 Å². The highest BCUT2D eigenvalue weighted by molar-refractivity contribution is 5.93. The average Bonchev–Trinajstić information content (AvgIpc) is 2.39. The first kappa shape index (κ1) is 10.5. The molecule has 0 amide bonds. The van der Waals surface area contributed by atoms with E-state index in [2.05, 4.69) is 9.97 Å². The molecule has 0 saturated carbocycles. The molecule has 0 aliphatic rings. The molecule has 0 unspecified atom stereocenters. The molecule has 3 heteroatoms. The molecule has 0 N–H and O–H groups in total. The molecule has 0 aliphatic carbocycles. The number of rotatable bonds is 3. The first-order chi connectivity index (χ1) is 7.81. The van der Waals surface area contributed by atoms with Crippen molar-refractivity contribution in [1.29, 1.82) is 0 Å². The standard InChI is InChI=1S/C13H12N2O/c1-2-13(16)12-9-14-11(8-15-12)10-6-4-3-5-7-10/h3-9H,2H2,1H3. The number of hydrogen-bond acceptors (Lipinski definition) is 3. The van der Waals surface area contributed by atoms with Crippen LogP contribution in [0, 0.1) is 0 Å². The molecule has 1 aromatic heterocycles. The van der Waals surface area contributed by atoms with E-state index in [0.29, 0.717) is 12.1 Å². The molecule has 0 aliphatic heterocycles. The van der Waals surface area contributed by atoms with Crippen LogP contribution in [0.1, 0.15) is 23.8 Å². The molecule has 0 bridgehead atoms. The van der Waals surface area contributed by atoms with Gasteiger partial charge < -0.3 is 0 Å². The Bertz CT molecular complexity index is 477. The fraction of sp³-hybridized carbons (Fsp3) is 0.154. The van der Waals surface area contributed by atoms with E-state index in [9.17, 15) is 4.79 Å². The maximum Gasteiger partial charge on any atom is 0.182 e. The molecule has 1 aromatic carbocycles. The minimum Gasteiger partial charge on any atom is -0.292 e. The maximum atomic E-state index is 11.4. The quantitative estimate of drug-likeness (QED) is 0.735. The number of aromatic nitrogens is 2. The largest absolute Gasteiger partial charge is 0.292 e. The lowest BCUT2D eigenvalue weighted by molar-refractivity contribution is 0.0983. The molecule has 1 heterocycles. The van der Waals surface area contributed by atoms with Crippen molar-refractivity contribution in [3.63, 3.8) is 0 Å². The summed E-state index contributed by atoms with van der Waals surface area (Å²) >= 11 is 0. The summed E-state index contributed by atoms with van der Waals surface area (Å²) in [6, 6.07) is 9.77. The van der Waals surface area contributed by atoms with E-state index >= 15 is 0 Å². The molecular formula is C13H12N2O. The van der Waals surface area contributed by atoms with Crippen molar-refractivity contribution >= 4 is 5.78 Å². The highest BCUT2D eigenvalue weighted by atomic mass is 16.1. The molecule has 2 aromatic rings. The van der Waals surface area contributed by atoms with E-state index in [0.717, 1.165) is 11.3 Å². The molecular weight excluding hydrogens is 200 g/mol. The molecule has 0 saturated heterocycles. The first-order valence-electron chi connectivity index (χ1n) is 5.22. The summed E-state index contributed by atoms with van der Waals surface area (Å²) in [5.41, 5.74) is 2.22. The van der Waals surface area contributed by atoms with Crippen LogP contribution in [0.2, 0.25) is 0 Å². The van der Waals surface area contributed by atoms with Gasteiger partial charge in [0.05, 0.1) is 18.1 Å². The van der Waals surface area contributed by atoms with Crippen molar-refractivity contribution in [3.05, 3.63) is 48.4 Å².